The molecule has 1 saturated heterocycles. The zero-order valence-corrected chi connectivity index (χ0v) is 22.2. The SMILES string of the molecule is CC(=O)OC(C)N(CC1CCCCC1)C(=O)CCCCCCOc1ccc2c(c1)CN1CC(=O)NC1=N2. The number of nitrogens with zero attached hydrogens (tertiary/aromatic N) is 3. The number of hydrogen-bond donors (Lipinski definition) is 1. The molecular formula is C28H40N4O5. The van der Waals surface area contributed by atoms with Crippen molar-refractivity contribution in [1.29, 1.82) is 0 Å². The third-order valence-corrected chi connectivity index (χ3v) is 7.35. The van der Waals surface area contributed by atoms with E-state index in [9.17, 15) is 14.4 Å². The van der Waals surface area contributed by atoms with Gasteiger partial charge in [0.15, 0.2) is 6.23 Å². The number of hydrogen-bond acceptors (Lipinski definition) is 7. The van der Waals surface area contributed by atoms with Crippen LogP contribution in [0.25, 0.3) is 0 Å². The van der Waals surface area contributed by atoms with Gasteiger partial charge in [-0.3, -0.25) is 19.7 Å². The van der Waals surface area contributed by atoms with Crippen molar-refractivity contribution < 1.29 is 23.9 Å². The maximum atomic E-state index is 13.0. The second kappa shape index (κ2) is 12.9. The van der Waals surface area contributed by atoms with Crippen molar-refractivity contribution in [2.45, 2.75) is 90.8 Å². The van der Waals surface area contributed by atoms with Crippen molar-refractivity contribution in [1.82, 2.24) is 15.1 Å². The van der Waals surface area contributed by atoms with Crippen LogP contribution in [0.2, 0.25) is 0 Å². The summed E-state index contributed by atoms with van der Waals surface area (Å²) in [6.07, 6.45) is 9.60. The molecule has 1 saturated carbocycles. The number of carbonyl (C=O) groups is 3. The molecule has 3 aliphatic rings. The number of aliphatic imine (C=N–C) groups is 1. The van der Waals surface area contributed by atoms with E-state index in [1.165, 1.54) is 26.2 Å². The van der Waals surface area contributed by atoms with E-state index in [4.69, 9.17) is 9.47 Å². The molecule has 1 N–H and O–H groups in total. The van der Waals surface area contributed by atoms with Crippen molar-refractivity contribution in [2.24, 2.45) is 10.9 Å². The van der Waals surface area contributed by atoms with Crippen LogP contribution in [0.3, 0.4) is 0 Å². The van der Waals surface area contributed by atoms with E-state index >= 15 is 0 Å². The fourth-order valence-electron chi connectivity index (χ4n) is 5.40. The number of fused-ring (bicyclic) bond motifs is 2. The molecule has 2 amide bonds. The summed E-state index contributed by atoms with van der Waals surface area (Å²) in [5.41, 5.74) is 1.92. The van der Waals surface area contributed by atoms with E-state index in [0.29, 0.717) is 44.5 Å². The topological polar surface area (TPSA) is 101 Å². The maximum absolute atomic E-state index is 13.0. The van der Waals surface area contributed by atoms with Gasteiger partial charge in [0.25, 0.3) is 0 Å². The summed E-state index contributed by atoms with van der Waals surface area (Å²) in [5, 5.41) is 2.78. The van der Waals surface area contributed by atoms with Crippen LogP contribution in [-0.4, -0.2) is 59.5 Å². The predicted octanol–water partition coefficient (Wildman–Crippen LogP) is 4.27. The standard InChI is InChI=1S/C28H40N4O5/c1-20(37-21(2)33)32(17-22-10-6-5-7-11-22)27(35)12-8-3-4-9-15-36-24-13-14-25-23(16-24)18-31-19-26(34)30-28(31)29-25/h13-14,16,20,22H,3-12,15,17-19H2,1-2H3,(H,29,30,34). The molecule has 0 aromatic heterocycles. The van der Waals surface area contributed by atoms with Gasteiger partial charge in [0.2, 0.25) is 17.8 Å². The van der Waals surface area contributed by atoms with Crippen LogP contribution < -0.4 is 10.1 Å². The molecule has 0 bridgehead atoms. The summed E-state index contributed by atoms with van der Waals surface area (Å²) in [6.45, 7) is 5.47. The molecule has 1 unspecified atom stereocenters. The van der Waals surface area contributed by atoms with Gasteiger partial charge in [0.05, 0.1) is 12.3 Å². The normalized spacial score (nSPS) is 17.8. The van der Waals surface area contributed by atoms with Crippen LogP contribution in [0.4, 0.5) is 5.69 Å². The van der Waals surface area contributed by atoms with E-state index < -0.39 is 6.23 Å². The van der Waals surface area contributed by atoms with Crippen molar-refractivity contribution in [3.05, 3.63) is 23.8 Å². The lowest BCUT2D eigenvalue weighted by Gasteiger charge is -2.33. The van der Waals surface area contributed by atoms with Crippen molar-refractivity contribution in [3.63, 3.8) is 0 Å². The second-order valence-electron chi connectivity index (χ2n) is 10.4. The maximum Gasteiger partial charge on any atom is 0.304 e. The highest BCUT2D eigenvalue weighted by Crippen LogP contribution is 2.30. The Morgan fingerprint density at radius 2 is 1.92 bits per heavy atom. The third-order valence-electron chi connectivity index (χ3n) is 7.35. The Morgan fingerprint density at radius 3 is 2.70 bits per heavy atom. The number of ether oxygens (including phenoxy) is 2. The highest BCUT2D eigenvalue weighted by Gasteiger charge is 2.29. The van der Waals surface area contributed by atoms with Crippen LogP contribution in [-0.2, 0) is 25.7 Å². The van der Waals surface area contributed by atoms with E-state index in [0.717, 1.165) is 55.5 Å². The number of nitrogens with one attached hydrogen (secondary N) is 1. The molecule has 1 aromatic carbocycles. The zero-order chi connectivity index (χ0) is 26.2. The smallest absolute Gasteiger partial charge is 0.304 e. The van der Waals surface area contributed by atoms with Gasteiger partial charge < -0.3 is 19.3 Å². The van der Waals surface area contributed by atoms with Gasteiger partial charge in [-0.25, -0.2) is 4.99 Å². The summed E-state index contributed by atoms with van der Waals surface area (Å²) in [5.74, 6) is 1.63. The van der Waals surface area contributed by atoms with E-state index in [2.05, 4.69) is 10.3 Å². The van der Waals surface area contributed by atoms with Gasteiger partial charge in [0, 0.05) is 32.0 Å². The highest BCUT2D eigenvalue weighted by atomic mass is 16.6. The predicted molar refractivity (Wildman–Crippen MR) is 140 cm³/mol. The zero-order valence-electron chi connectivity index (χ0n) is 22.2. The summed E-state index contributed by atoms with van der Waals surface area (Å²) in [7, 11) is 0. The van der Waals surface area contributed by atoms with Crippen molar-refractivity contribution in [3.8, 4) is 5.75 Å². The van der Waals surface area contributed by atoms with E-state index in [1.807, 2.05) is 23.1 Å². The molecule has 0 spiro atoms. The number of amides is 2. The van der Waals surface area contributed by atoms with Gasteiger partial charge in [-0.15, -0.1) is 0 Å². The molecule has 202 valence electrons. The fourth-order valence-corrected chi connectivity index (χ4v) is 5.40. The molecule has 2 fully saturated rings. The molecule has 9 heteroatoms. The molecule has 0 radical (unpaired) electrons. The molecule has 1 aromatic rings. The number of unbranched alkanes of at least 4 members (excludes halogenated alkanes) is 3. The Bertz CT molecular complexity index is 1000. The van der Waals surface area contributed by atoms with Crippen LogP contribution in [0.5, 0.6) is 5.75 Å². The molecule has 1 aliphatic carbocycles. The lowest BCUT2D eigenvalue weighted by molar-refractivity contribution is -0.162. The first-order chi connectivity index (χ1) is 17.9. The lowest BCUT2D eigenvalue weighted by atomic mass is 9.89. The van der Waals surface area contributed by atoms with Crippen LogP contribution in [0.1, 0.15) is 83.6 Å². The van der Waals surface area contributed by atoms with Gasteiger partial charge in [-0.2, -0.15) is 0 Å². The number of carbonyl (C=O) groups excluding carboxylic acids is 3. The first-order valence-electron chi connectivity index (χ1n) is 13.7. The summed E-state index contributed by atoms with van der Waals surface area (Å²) >= 11 is 0. The molecular weight excluding hydrogens is 472 g/mol. The van der Waals surface area contributed by atoms with Crippen molar-refractivity contribution in [2.75, 3.05) is 19.7 Å². The number of guanidine groups is 1. The molecule has 4 rings (SSSR count). The monoisotopic (exact) mass is 512 g/mol. The molecule has 37 heavy (non-hydrogen) atoms. The number of benzene rings is 1. The van der Waals surface area contributed by atoms with E-state index in [1.54, 1.807) is 11.8 Å². The van der Waals surface area contributed by atoms with Gasteiger partial charge in [-0.1, -0.05) is 32.1 Å². The lowest BCUT2D eigenvalue weighted by Crippen LogP contribution is -2.44. The Hall–Kier alpha value is -3.10. The van der Waals surface area contributed by atoms with Crippen LogP contribution in [0, 0.1) is 5.92 Å². The van der Waals surface area contributed by atoms with Crippen LogP contribution in [0.15, 0.2) is 23.2 Å². The Morgan fingerprint density at radius 1 is 1.14 bits per heavy atom. The molecule has 9 nitrogen and oxygen atoms in total. The highest BCUT2D eigenvalue weighted by molar-refractivity contribution is 6.05. The minimum Gasteiger partial charge on any atom is -0.494 e. The first-order valence-corrected chi connectivity index (χ1v) is 13.7. The average Bonchev–Trinajstić information content (AvgIpc) is 3.23. The minimum atomic E-state index is -0.517. The summed E-state index contributed by atoms with van der Waals surface area (Å²) < 4.78 is 11.3. The van der Waals surface area contributed by atoms with E-state index in [-0.39, 0.29) is 17.8 Å². The van der Waals surface area contributed by atoms with Crippen molar-refractivity contribution >= 4 is 29.4 Å². The molecule has 1 atom stereocenters. The van der Waals surface area contributed by atoms with Gasteiger partial charge in [-0.05, 0) is 56.7 Å². The molecule has 2 heterocycles. The average molecular weight is 513 g/mol. The Kier molecular flexibility index (Phi) is 9.41. The summed E-state index contributed by atoms with van der Waals surface area (Å²) in [6, 6.07) is 5.85. The minimum absolute atomic E-state index is 0.0273. The van der Waals surface area contributed by atoms with Crippen LogP contribution >= 0.6 is 0 Å². The first kappa shape index (κ1) is 26.9. The number of rotatable bonds is 12. The Balaban J connectivity index is 1.15. The third kappa shape index (κ3) is 7.69. The largest absolute Gasteiger partial charge is 0.494 e. The number of esters is 1. The summed E-state index contributed by atoms with van der Waals surface area (Å²) in [4.78, 5) is 44.3. The second-order valence-corrected chi connectivity index (χ2v) is 10.4. The van der Waals surface area contributed by atoms with Gasteiger partial charge >= 0.3 is 5.97 Å². The quantitative estimate of drug-likeness (QED) is 0.255. The fraction of sp³-hybridized carbons (Fsp3) is 0.643. The van der Waals surface area contributed by atoms with Gasteiger partial charge in [0.1, 0.15) is 12.3 Å². The Labute approximate surface area is 219 Å². The molecule has 2 aliphatic heterocycles.